The maximum Gasteiger partial charge on any atom is 0.274 e. The van der Waals surface area contributed by atoms with Crippen molar-refractivity contribution >= 4 is 28.4 Å². The van der Waals surface area contributed by atoms with Crippen molar-refractivity contribution in [3.8, 4) is 0 Å². The molecule has 2 aromatic rings. The second-order valence-electron chi connectivity index (χ2n) is 3.23. The van der Waals surface area contributed by atoms with Crippen LogP contribution in [0.25, 0.3) is 0 Å². The van der Waals surface area contributed by atoms with E-state index in [9.17, 15) is 4.79 Å². The molecule has 0 aliphatic carbocycles. The highest BCUT2D eigenvalue weighted by Gasteiger charge is 2.15. The van der Waals surface area contributed by atoms with Crippen LogP contribution in [0, 0.1) is 0 Å². The summed E-state index contributed by atoms with van der Waals surface area (Å²) in [5, 5.41) is 3.55. The van der Waals surface area contributed by atoms with E-state index >= 15 is 0 Å². The summed E-state index contributed by atoms with van der Waals surface area (Å²) in [4.78, 5) is 11.0. The molecule has 5 heteroatoms. The fourth-order valence-corrected chi connectivity index (χ4v) is 1.75. The molecule has 0 unspecified atom stereocenters. The third-order valence-electron chi connectivity index (χ3n) is 2.17. The zero-order valence-electron chi connectivity index (χ0n) is 8.11. The van der Waals surface area contributed by atoms with E-state index in [0.29, 0.717) is 17.0 Å². The number of carbonyl (C=O) groups excluding carboxylic acids is 1. The molecule has 82 valence electrons. The summed E-state index contributed by atoms with van der Waals surface area (Å²) in [5.74, 6) is 0. The third-order valence-corrected chi connectivity index (χ3v) is 2.72. The second-order valence-corrected chi connectivity index (χ2v) is 3.98. The van der Waals surface area contributed by atoms with Crippen molar-refractivity contribution in [2.45, 2.75) is 6.42 Å². The molecule has 0 radical (unpaired) electrons. The van der Waals surface area contributed by atoms with Gasteiger partial charge in [0.25, 0.3) is 5.24 Å². The summed E-state index contributed by atoms with van der Waals surface area (Å²) in [5.41, 5.74) is 1.67. The normalized spacial score (nSPS) is 10.4. The Morgan fingerprint density at radius 3 is 2.75 bits per heavy atom. The van der Waals surface area contributed by atoms with E-state index in [1.54, 1.807) is 6.07 Å². The predicted molar refractivity (Wildman–Crippen MR) is 60.9 cm³/mol. The van der Waals surface area contributed by atoms with E-state index in [-0.39, 0.29) is 5.69 Å². The summed E-state index contributed by atoms with van der Waals surface area (Å²) in [7, 11) is 0. The van der Waals surface area contributed by atoms with Crippen LogP contribution >= 0.6 is 23.2 Å². The van der Waals surface area contributed by atoms with Crippen molar-refractivity contribution in [2.75, 3.05) is 0 Å². The Morgan fingerprint density at radius 2 is 2.06 bits per heavy atom. The number of rotatable bonds is 3. The smallest absolute Gasteiger partial charge is 0.274 e. The molecule has 0 aliphatic rings. The maximum atomic E-state index is 11.0. The number of hydrogen-bond donors (Lipinski definition) is 0. The Labute approximate surface area is 102 Å². The van der Waals surface area contributed by atoms with Gasteiger partial charge in [0.15, 0.2) is 5.69 Å². The minimum absolute atomic E-state index is 0.140. The molecule has 0 spiro atoms. The first-order valence-electron chi connectivity index (χ1n) is 4.55. The summed E-state index contributed by atoms with van der Waals surface area (Å²) in [6.07, 6.45) is 1.87. The fraction of sp³-hybridized carbons (Fsp3) is 0.0909. The van der Waals surface area contributed by atoms with Crippen molar-refractivity contribution in [3.05, 3.63) is 52.4 Å². The zero-order valence-corrected chi connectivity index (χ0v) is 9.63. The molecule has 1 aromatic carbocycles. The van der Waals surface area contributed by atoms with Crippen LogP contribution in [-0.4, -0.2) is 10.4 Å². The van der Waals surface area contributed by atoms with Crippen molar-refractivity contribution in [1.82, 2.24) is 5.16 Å². The lowest BCUT2D eigenvalue weighted by Gasteiger charge is -2.01. The predicted octanol–water partition coefficient (Wildman–Crippen LogP) is 3.30. The van der Waals surface area contributed by atoms with Gasteiger partial charge in [0, 0.05) is 17.0 Å². The van der Waals surface area contributed by atoms with Gasteiger partial charge in [-0.15, -0.1) is 0 Å². The van der Waals surface area contributed by atoms with E-state index in [0.717, 1.165) is 5.56 Å². The van der Waals surface area contributed by atoms with Crippen LogP contribution in [0.4, 0.5) is 0 Å². The Bertz CT molecular complexity index is 522. The van der Waals surface area contributed by atoms with E-state index in [2.05, 4.69) is 5.16 Å². The lowest BCUT2D eigenvalue weighted by molar-refractivity contribution is 0.107. The van der Waals surface area contributed by atoms with Gasteiger partial charge in [-0.05, 0) is 23.2 Å². The molecule has 0 amide bonds. The number of nitrogens with zero attached hydrogens (tertiary/aromatic N) is 1. The van der Waals surface area contributed by atoms with Gasteiger partial charge < -0.3 is 4.52 Å². The summed E-state index contributed by atoms with van der Waals surface area (Å²) in [6, 6.07) is 7.37. The van der Waals surface area contributed by atoms with Crippen molar-refractivity contribution in [2.24, 2.45) is 0 Å². The minimum atomic E-state index is -0.629. The molecule has 0 atom stereocenters. The highest BCUT2D eigenvalue weighted by Crippen LogP contribution is 2.21. The molecule has 1 aromatic heterocycles. The van der Waals surface area contributed by atoms with Gasteiger partial charge in [-0.25, -0.2) is 0 Å². The first kappa shape index (κ1) is 11.2. The molecule has 2 rings (SSSR count). The largest absolute Gasteiger partial charge is 0.364 e. The molecule has 0 fully saturated rings. The number of halogens is 2. The van der Waals surface area contributed by atoms with Crippen LogP contribution in [0.1, 0.15) is 21.6 Å². The van der Waals surface area contributed by atoms with Gasteiger partial charge in [0.05, 0.1) is 0 Å². The quantitative estimate of drug-likeness (QED) is 0.791. The van der Waals surface area contributed by atoms with E-state index in [4.69, 9.17) is 27.7 Å². The van der Waals surface area contributed by atoms with Gasteiger partial charge >= 0.3 is 0 Å². The minimum Gasteiger partial charge on any atom is -0.364 e. The standard InChI is InChI=1S/C11H7Cl2NO2/c12-9-4-2-1-3-7(9)5-8-6-16-14-10(8)11(13)15/h1-4,6H,5H2. The molecule has 0 saturated heterocycles. The third kappa shape index (κ3) is 2.26. The van der Waals surface area contributed by atoms with Crippen LogP contribution in [0.5, 0.6) is 0 Å². The summed E-state index contributed by atoms with van der Waals surface area (Å²) in [6.45, 7) is 0. The van der Waals surface area contributed by atoms with E-state index in [1.807, 2.05) is 18.2 Å². The number of benzene rings is 1. The topological polar surface area (TPSA) is 43.1 Å². The second kappa shape index (κ2) is 4.68. The monoisotopic (exact) mass is 255 g/mol. The highest BCUT2D eigenvalue weighted by molar-refractivity contribution is 6.67. The van der Waals surface area contributed by atoms with Gasteiger partial charge in [0.2, 0.25) is 0 Å². The maximum absolute atomic E-state index is 11.0. The van der Waals surface area contributed by atoms with Crippen LogP contribution in [0.2, 0.25) is 5.02 Å². The molecule has 0 bridgehead atoms. The molecule has 3 nitrogen and oxygen atoms in total. The number of hydrogen-bond acceptors (Lipinski definition) is 3. The number of aromatic nitrogens is 1. The van der Waals surface area contributed by atoms with Crippen molar-refractivity contribution in [3.63, 3.8) is 0 Å². The zero-order chi connectivity index (χ0) is 11.5. The Kier molecular flexibility index (Phi) is 3.27. The molecular weight excluding hydrogens is 249 g/mol. The number of carbonyl (C=O) groups is 1. The lowest BCUT2D eigenvalue weighted by atomic mass is 10.1. The average molecular weight is 256 g/mol. The molecule has 0 saturated carbocycles. The highest BCUT2D eigenvalue weighted by atomic mass is 35.5. The van der Waals surface area contributed by atoms with E-state index in [1.165, 1.54) is 6.26 Å². The fourth-order valence-electron chi connectivity index (χ4n) is 1.39. The molecule has 1 heterocycles. The molecule has 0 N–H and O–H groups in total. The van der Waals surface area contributed by atoms with Crippen LogP contribution in [-0.2, 0) is 6.42 Å². The van der Waals surface area contributed by atoms with Gasteiger partial charge in [-0.3, -0.25) is 4.79 Å². The van der Waals surface area contributed by atoms with E-state index < -0.39 is 5.24 Å². The average Bonchev–Trinajstić information content (AvgIpc) is 2.69. The SMILES string of the molecule is O=C(Cl)c1nocc1Cc1ccccc1Cl. The van der Waals surface area contributed by atoms with Gasteiger partial charge in [-0.2, -0.15) is 0 Å². The van der Waals surface area contributed by atoms with Crippen molar-refractivity contribution in [1.29, 1.82) is 0 Å². The van der Waals surface area contributed by atoms with Crippen molar-refractivity contribution < 1.29 is 9.32 Å². The first-order valence-corrected chi connectivity index (χ1v) is 5.30. The van der Waals surface area contributed by atoms with Gasteiger partial charge in [-0.1, -0.05) is 35.0 Å². The summed E-state index contributed by atoms with van der Waals surface area (Å²) >= 11 is 11.4. The van der Waals surface area contributed by atoms with Crippen LogP contribution in [0.15, 0.2) is 35.1 Å². The Morgan fingerprint density at radius 1 is 1.31 bits per heavy atom. The molecular formula is C11H7Cl2NO2. The van der Waals surface area contributed by atoms with Crippen LogP contribution in [0.3, 0.4) is 0 Å². The Balaban J connectivity index is 2.31. The van der Waals surface area contributed by atoms with Crippen LogP contribution < -0.4 is 0 Å². The summed E-state index contributed by atoms with van der Waals surface area (Å²) < 4.78 is 4.72. The first-order chi connectivity index (χ1) is 7.68. The lowest BCUT2D eigenvalue weighted by Crippen LogP contribution is -1.97. The molecule has 0 aliphatic heterocycles. The van der Waals surface area contributed by atoms with Gasteiger partial charge in [0.1, 0.15) is 6.26 Å². The molecule has 16 heavy (non-hydrogen) atoms. The Hall–Kier alpha value is -1.32.